The fourth-order valence-corrected chi connectivity index (χ4v) is 4.81. The molecule has 2 heteroatoms. The molecule has 0 heterocycles. The molecule has 4 aromatic rings. The van der Waals surface area contributed by atoms with Gasteiger partial charge in [-0.15, -0.1) is 0 Å². The van der Waals surface area contributed by atoms with E-state index in [2.05, 4.69) is 142 Å². The third kappa shape index (κ3) is 3.45. The van der Waals surface area contributed by atoms with E-state index in [0.29, 0.717) is 0 Å². The Morgan fingerprint density at radius 1 is 0.385 bits per heavy atom. The minimum absolute atomic E-state index is 1.25. The van der Waals surface area contributed by atoms with Crippen LogP contribution in [0.3, 0.4) is 0 Å². The first-order chi connectivity index (χ1) is 12.8. The maximum atomic E-state index is 2.47. The highest BCUT2D eigenvalue weighted by molar-refractivity contribution is 14.1. The van der Waals surface area contributed by atoms with Crippen LogP contribution < -0.4 is 0 Å². The number of halogens is 2. The lowest BCUT2D eigenvalue weighted by atomic mass is 9.89. The van der Waals surface area contributed by atoms with Crippen LogP contribution in [0.4, 0.5) is 0 Å². The first kappa shape index (κ1) is 17.7. The Bertz CT molecular complexity index is 951. The van der Waals surface area contributed by atoms with Gasteiger partial charge in [0.2, 0.25) is 0 Å². The Balaban J connectivity index is 2.04. The number of hydrogen-bond donors (Lipinski definition) is 0. The van der Waals surface area contributed by atoms with Gasteiger partial charge in [-0.3, -0.25) is 0 Å². The minimum Gasteiger partial charge on any atom is -0.0622 e. The summed E-state index contributed by atoms with van der Waals surface area (Å²) in [6.07, 6.45) is 0. The van der Waals surface area contributed by atoms with Crippen molar-refractivity contribution < 1.29 is 0 Å². The Hall–Kier alpha value is -1.66. The molecule has 126 valence electrons. The summed E-state index contributed by atoms with van der Waals surface area (Å²) in [4.78, 5) is 0. The molecule has 0 spiro atoms. The molecule has 0 fully saturated rings. The molecule has 0 N–H and O–H groups in total. The third-order valence-corrected chi connectivity index (χ3v) is 6.24. The van der Waals surface area contributed by atoms with E-state index in [4.69, 9.17) is 0 Å². The summed E-state index contributed by atoms with van der Waals surface area (Å²) in [5.74, 6) is 0. The molecule has 0 unspecified atom stereocenters. The van der Waals surface area contributed by atoms with E-state index >= 15 is 0 Å². The predicted molar refractivity (Wildman–Crippen MR) is 128 cm³/mol. The Morgan fingerprint density at radius 2 is 0.769 bits per heavy atom. The van der Waals surface area contributed by atoms with Crippen molar-refractivity contribution in [2.45, 2.75) is 0 Å². The molecule has 0 bridgehead atoms. The second kappa shape index (κ2) is 7.92. The maximum absolute atomic E-state index is 2.47. The van der Waals surface area contributed by atoms with Gasteiger partial charge in [0, 0.05) is 18.3 Å². The molecular weight excluding hydrogens is 542 g/mol. The second-order valence-electron chi connectivity index (χ2n) is 6.06. The van der Waals surface area contributed by atoms with Crippen molar-refractivity contribution in [1.29, 1.82) is 0 Å². The molecule has 4 aromatic carbocycles. The van der Waals surface area contributed by atoms with Crippen LogP contribution in [-0.2, 0) is 0 Å². The molecule has 0 aliphatic rings. The topological polar surface area (TPSA) is 0 Å². The van der Waals surface area contributed by atoms with Crippen LogP contribution in [0.5, 0.6) is 0 Å². The second-order valence-corrected chi connectivity index (χ2v) is 8.38. The van der Waals surface area contributed by atoms with E-state index in [-0.39, 0.29) is 0 Å². The molecule has 0 amide bonds. The predicted octanol–water partition coefficient (Wildman–Crippen LogP) is 7.90. The molecule has 0 saturated carbocycles. The Labute approximate surface area is 181 Å². The lowest BCUT2D eigenvalue weighted by molar-refractivity contribution is 1.52. The third-order valence-electron chi connectivity index (χ3n) is 4.45. The number of hydrogen-bond acceptors (Lipinski definition) is 0. The van der Waals surface area contributed by atoms with Gasteiger partial charge in [-0.05, 0) is 79.6 Å². The molecule has 0 nitrogen and oxygen atoms in total. The number of benzene rings is 4. The van der Waals surface area contributed by atoms with Gasteiger partial charge in [-0.1, -0.05) is 84.9 Å². The maximum Gasteiger partial charge on any atom is 0.0215 e. The van der Waals surface area contributed by atoms with Gasteiger partial charge < -0.3 is 0 Å². The highest BCUT2D eigenvalue weighted by Crippen LogP contribution is 2.42. The van der Waals surface area contributed by atoms with Crippen LogP contribution in [-0.4, -0.2) is 0 Å². The smallest absolute Gasteiger partial charge is 0.0215 e. The van der Waals surface area contributed by atoms with E-state index in [1.165, 1.54) is 40.5 Å². The van der Waals surface area contributed by atoms with Gasteiger partial charge in [0.15, 0.2) is 0 Å². The summed E-state index contributed by atoms with van der Waals surface area (Å²) in [6, 6.07) is 34.4. The molecule has 0 saturated heterocycles. The van der Waals surface area contributed by atoms with Gasteiger partial charge in [0.05, 0.1) is 0 Å². The van der Waals surface area contributed by atoms with Crippen molar-refractivity contribution >= 4 is 45.2 Å². The van der Waals surface area contributed by atoms with Gasteiger partial charge in [-0.25, -0.2) is 0 Å². The van der Waals surface area contributed by atoms with Gasteiger partial charge in [0.1, 0.15) is 0 Å². The molecule has 0 aromatic heterocycles. The average molecular weight is 558 g/mol. The van der Waals surface area contributed by atoms with E-state index < -0.39 is 0 Å². The van der Waals surface area contributed by atoms with Crippen molar-refractivity contribution in [3.05, 3.63) is 104 Å². The van der Waals surface area contributed by atoms with Crippen molar-refractivity contribution in [3.63, 3.8) is 0 Å². The molecule has 0 radical (unpaired) electrons. The fourth-order valence-electron chi connectivity index (χ4n) is 3.27. The summed E-state index contributed by atoms with van der Waals surface area (Å²) in [5, 5.41) is 0. The van der Waals surface area contributed by atoms with E-state index in [1.54, 1.807) is 0 Å². The van der Waals surface area contributed by atoms with Crippen LogP contribution >= 0.6 is 45.2 Å². The monoisotopic (exact) mass is 558 g/mol. The summed E-state index contributed by atoms with van der Waals surface area (Å²) < 4.78 is 2.54. The zero-order chi connectivity index (χ0) is 17.9. The Kier molecular flexibility index (Phi) is 5.41. The van der Waals surface area contributed by atoms with Crippen molar-refractivity contribution in [2.75, 3.05) is 0 Å². The average Bonchev–Trinajstić information content (AvgIpc) is 2.69. The lowest BCUT2D eigenvalue weighted by Gasteiger charge is -2.18. The summed E-state index contributed by atoms with van der Waals surface area (Å²) in [5.41, 5.74) is 7.67. The van der Waals surface area contributed by atoms with Crippen molar-refractivity contribution in [1.82, 2.24) is 0 Å². The molecular formula is C24H16I2. The fraction of sp³-hybridized carbons (Fsp3) is 0. The lowest BCUT2D eigenvalue weighted by Crippen LogP contribution is -1.94. The SMILES string of the molecule is Ic1cccc(-c2ccccc2)c1-c1c(I)cccc1-c1ccccc1. The highest BCUT2D eigenvalue weighted by atomic mass is 127. The molecule has 0 aliphatic carbocycles. The van der Waals surface area contributed by atoms with Crippen LogP contribution in [0.1, 0.15) is 0 Å². The Morgan fingerprint density at radius 3 is 1.15 bits per heavy atom. The normalized spacial score (nSPS) is 10.7. The zero-order valence-corrected chi connectivity index (χ0v) is 18.3. The molecule has 0 atom stereocenters. The van der Waals surface area contributed by atoms with Crippen molar-refractivity contribution in [2.24, 2.45) is 0 Å². The summed E-state index contributed by atoms with van der Waals surface area (Å²) in [6.45, 7) is 0. The van der Waals surface area contributed by atoms with Crippen molar-refractivity contribution in [3.8, 4) is 33.4 Å². The molecule has 26 heavy (non-hydrogen) atoms. The minimum atomic E-state index is 1.25. The van der Waals surface area contributed by atoms with E-state index in [1.807, 2.05) is 0 Å². The first-order valence-corrected chi connectivity index (χ1v) is 10.6. The highest BCUT2D eigenvalue weighted by Gasteiger charge is 2.17. The van der Waals surface area contributed by atoms with Gasteiger partial charge in [0.25, 0.3) is 0 Å². The standard InChI is InChI=1S/C24H16I2/c25-21-15-7-13-19(17-9-3-1-4-10-17)23(21)24-20(14-8-16-22(24)26)18-11-5-2-6-12-18/h1-16H. The van der Waals surface area contributed by atoms with Crippen LogP contribution in [0.2, 0.25) is 0 Å². The van der Waals surface area contributed by atoms with Gasteiger partial charge >= 0.3 is 0 Å². The zero-order valence-electron chi connectivity index (χ0n) is 14.0. The largest absolute Gasteiger partial charge is 0.0622 e. The first-order valence-electron chi connectivity index (χ1n) is 8.44. The van der Waals surface area contributed by atoms with E-state index in [9.17, 15) is 0 Å². The quantitative estimate of drug-likeness (QED) is 0.225. The summed E-state index contributed by atoms with van der Waals surface area (Å²) >= 11 is 4.93. The van der Waals surface area contributed by atoms with Gasteiger partial charge in [-0.2, -0.15) is 0 Å². The van der Waals surface area contributed by atoms with E-state index in [0.717, 1.165) is 0 Å². The molecule has 4 rings (SSSR count). The summed E-state index contributed by atoms with van der Waals surface area (Å²) in [7, 11) is 0. The van der Waals surface area contributed by atoms with Crippen LogP contribution in [0, 0.1) is 7.14 Å². The van der Waals surface area contributed by atoms with Crippen LogP contribution in [0.25, 0.3) is 33.4 Å². The molecule has 0 aliphatic heterocycles. The number of rotatable bonds is 3. The van der Waals surface area contributed by atoms with Crippen LogP contribution in [0.15, 0.2) is 97.1 Å².